The maximum Gasteiger partial charge on any atom is 0.144 e. The van der Waals surface area contributed by atoms with Crippen LogP contribution in [0.1, 0.15) is 28.2 Å². The minimum Gasteiger partial charge on any atom is -0.508 e. The molecule has 5 nitrogen and oxygen atoms in total. The number of thiol groups is 1. The molecule has 1 aliphatic rings. The fraction of sp³-hybridized carbons (Fsp3) is 0.0870. The van der Waals surface area contributed by atoms with Crippen molar-refractivity contribution in [1.82, 2.24) is 0 Å². The number of fused-ring (bicyclic) bond motifs is 1. The molecule has 6 heteroatoms. The van der Waals surface area contributed by atoms with E-state index >= 15 is 0 Å². The summed E-state index contributed by atoms with van der Waals surface area (Å²) in [6.07, 6.45) is 0.889. The van der Waals surface area contributed by atoms with Gasteiger partial charge in [0.25, 0.3) is 0 Å². The second-order valence-electron chi connectivity index (χ2n) is 6.73. The summed E-state index contributed by atoms with van der Waals surface area (Å²) in [6, 6.07) is 21.1. The molecule has 1 heterocycles. The molecule has 146 valence electrons. The Bertz CT molecular complexity index is 1150. The van der Waals surface area contributed by atoms with Gasteiger partial charge in [0.05, 0.1) is 11.7 Å². The number of carbonyl (C=O) groups is 1. The highest BCUT2D eigenvalue weighted by Gasteiger charge is 2.31. The number of aldehydes is 1. The average Bonchev–Trinajstić information content (AvgIpc) is 2.73. The minimum absolute atomic E-state index is 0.0276. The Kier molecular flexibility index (Phi) is 5.18. The Hall–Kier alpha value is -3.38. The van der Waals surface area contributed by atoms with E-state index in [4.69, 9.17) is 4.74 Å². The molecule has 0 amide bonds. The molecule has 0 bridgehead atoms. The summed E-state index contributed by atoms with van der Waals surface area (Å²) in [5.41, 5.74) is 3.64. The number of phenols is 1. The van der Waals surface area contributed by atoms with E-state index in [2.05, 4.69) is 0 Å². The van der Waals surface area contributed by atoms with E-state index in [-0.39, 0.29) is 11.5 Å². The van der Waals surface area contributed by atoms with Crippen LogP contribution in [0.4, 0.5) is 0 Å². The lowest BCUT2D eigenvalue weighted by Gasteiger charge is -2.28. The van der Waals surface area contributed by atoms with E-state index < -0.39 is 16.6 Å². The third-order valence-corrected chi connectivity index (χ3v) is 5.49. The summed E-state index contributed by atoms with van der Waals surface area (Å²) in [6.45, 7) is 0. The quantitative estimate of drug-likeness (QED) is 0.498. The molecule has 1 N–H and O–H groups in total. The van der Waals surface area contributed by atoms with E-state index in [9.17, 15) is 18.3 Å². The number of allylic oxidation sites excluding steroid dienone is 1. The van der Waals surface area contributed by atoms with Gasteiger partial charge >= 0.3 is 0 Å². The largest absolute Gasteiger partial charge is 0.508 e. The van der Waals surface area contributed by atoms with Gasteiger partial charge < -0.3 is 14.6 Å². The molecule has 1 unspecified atom stereocenters. The molecule has 0 saturated heterocycles. The lowest BCUT2D eigenvalue weighted by atomic mass is 9.83. The molecule has 0 spiro atoms. The van der Waals surface area contributed by atoms with Crippen molar-refractivity contribution in [3.05, 3.63) is 95.1 Å². The van der Waals surface area contributed by atoms with Crippen molar-refractivity contribution in [1.29, 1.82) is 0 Å². The molecule has 29 heavy (non-hydrogen) atoms. The van der Waals surface area contributed by atoms with E-state index in [0.717, 1.165) is 23.0 Å². The van der Waals surface area contributed by atoms with Crippen LogP contribution in [-0.4, -0.2) is 19.8 Å². The molecule has 3 aromatic rings. The van der Waals surface area contributed by atoms with Gasteiger partial charge in [-0.3, -0.25) is 0 Å². The van der Waals surface area contributed by atoms with Crippen molar-refractivity contribution in [3.63, 3.8) is 0 Å². The van der Waals surface area contributed by atoms with Gasteiger partial charge in [0, 0.05) is 16.7 Å². The third kappa shape index (κ3) is 3.79. The van der Waals surface area contributed by atoms with Crippen LogP contribution >= 0.6 is 0 Å². The molecule has 3 aromatic carbocycles. The van der Waals surface area contributed by atoms with Gasteiger partial charge in [-0.15, -0.1) is 0 Å². The summed E-state index contributed by atoms with van der Waals surface area (Å²) in [4.78, 5) is 12.1. The van der Waals surface area contributed by atoms with E-state index in [1.54, 1.807) is 48.5 Å². The van der Waals surface area contributed by atoms with Crippen LogP contribution in [0.3, 0.4) is 0 Å². The summed E-state index contributed by atoms with van der Waals surface area (Å²) in [7, 11) is -2.51. The van der Waals surface area contributed by atoms with Gasteiger partial charge in [-0.1, -0.05) is 54.6 Å². The molecule has 4 rings (SSSR count). The number of carbonyl (C=O) groups excluding carboxylic acids is 1. The number of ether oxygens (including phenoxy) is 1. The van der Waals surface area contributed by atoms with Crippen molar-refractivity contribution < 1.29 is 23.1 Å². The Morgan fingerprint density at radius 1 is 0.897 bits per heavy atom. The fourth-order valence-electron chi connectivity index (χ4n) is 3.51. The highest BCUT2D eigenvalue weighted by molar-refractivity contribution is 7.71. The summed E-state index contributed by atoms with van der Waals surface area (Å²) in [5.74, 6) is 0.709. The first-order valence-electron chi connectivity index (χ1n) is 9.03. The summed E-state index contributed by atoms with van der Waals surface area (Å²) < 4.78 is 28.2. The molecular formula is C23H18O5S. The number of benzene rings is 3. The van der Waals surface area contributed by atoms with Gasteiger partial charge in [0.1, 0.15) is 34.2 Å². The first-order chi connectivity index (χ1) is 14.1. The maximum absolute atomic E-state index is 12.1. The standard InChI is InChI=1S/C23H18O5S/c24-13-20-19-3-1-2-4-21(19)28-23(22(20)16-9-11-18(25)12-10-16)17-7-5-15(6-8-17)14-29(26)27/h1-13,20,25,29H,14H2. The number of phenolic OH excluding ortho intramolecular Hbond substituents is 1. The second-order valence-corrected chi connectivity index (χ2v) is 7.71. The number of rotatable bonds is 5. The zero-order valence-electron chi connectivity index (χ0n) is 15.3. The monoisotopic (exact) mass is 406 g/mol. The van der Waals surface area contributed by atoms with Crippen molar-refractivity contribution >= 4 is 28.3 Å². The molecule has 0 radical (unpaired) electrons. The lowest BCUT2D eigenvalue weighted by Crippen LogP contribution is -2.15. The molecule has 0 saturated carbocycles. The number of para-hydroxylation sites is 1. The zero-order chi connectivity index (χ0) is 20.4. The van der Waals surface area contributed by atoms with Gasteiger partial charge in [0.2, 0.25) is 0 Å². The number of hydrogen-bond donors (Lipinski definition) is 2. The van der Waals surface area contributed by atoms with Crippen molar-refractivity contribution in [2.24, 2.45) is 0 Å². The number of aromatic hydroxyl groups is 1. The van der Waals surface area contributed by atoms with Crippen LogP contribution in [0.25, 0.3) is 11.3 Å². The lowest BCUT2D eigenvalue weighted by molar-refractivity contribution is -0.108. The topological polar surface area (TPSA) is 80.7 Å². The number of hydrogen-bond acceptors (Lipinski definition) is 5. The summed E-state index contributed by atoms with van der Waals surface area (Å²) >= 11 is 0. The SMILES string of the molecule is O=CC1C(c2ccc(O)cc2)=C(c2ccc(C[SH](=O)=O)cc2)Oc2ccccc21. The second kappa shape index (κ2) is 7.93. The van der Waals surface area contributed by atoms with Crippen LogP contribution < -0.4 is 4.74 Å². The molecule has 1 atom stereocenters. The van der Waals surface area contributed by atoms with Crippen LogP contribution in [0.2, 0.25) is 0 Å². The van der Waals surface area contributed by atoms with Gasteiger partial charge in [-0.05, 0) is 29.3 Å². The van der Waals surface area contributed by atoms with Gasteiger partial charge in [-0.2, -0.15) is 0 Å². The smallest absolute Gasteiger partial charge is 0.144 e. The normalized spacial score (nSPS) is 15.7. The van der Waals surface area contributed by atoms with Crippen LogP contribution in [0, 0.1) is 0 Å². The van der Waals surface area contributed by atoms with Gasteiger partial charge in [-0.25, -0.2) is 8.42 Å². The Morgan fingerprint density at radius 3 is 2.21 bits per heavy atom. The predicted octanol–water partition coefficient (Wildman–Crippen LogP) is 3.75. The molecular weight excluding hydrogens is 388 g/mol. The van der Waals surface area contributed by atoms with Crippen molar-refractivity contribution in [2.75, 3.05) is 0 Å². The third-order valence-electron chi connectivity index (χ3n) is 4.86. The van der Waals surface area contributed by atoms with Crippen LogP contribution in [-0.2, 0) is 21.3 Å². The Morgan fingerprint density at radius 2 is 1.55 bits per heavy atom. The summed E-state index contributed by atoms with van der Waals surface area (Å²) in [5, 5.41) is 9.65. The van der Waals surface area contributed by atoms with Crippen molar-refractivity contribution in [2.45, 2.75) is 11.7 Å². The van der Waals surface area contributed by atoms with Crippen molar-refractivity contribution in [3.8, 4) is 11.5 Å². The minimum atomic E-state index is -2.51. The fourth-order valence-corrected chi connectivity index (χ4v) is 4.02. The molecule has 1 aliphatic heterocycles. The first-order valence-corrected chi connectivity index (χ1v) is 10.4. The first kappa shape index (κ1) is 19.0. The molecule has 0 aliphatic carbocycles. The Labute approximate surface area is 169 Å². The predicted molar refractivity (Wildman–Crippen MR) is 111 cm³/mol. The highest BCUT2D eigenvalue weighted by atomic mass is 32.2. The highest BCUT2D eigenvalue weighted by Crippen LogP contribution is 2.45. The van der Waals surface area contributed by atoms with E-state index in [0.29, 0.717) is 22.6 Å². The van der Waals surface area contributed by atoms with E-state index in [1.807, 2.05) is 24.3 Å². The van der Waals surface area contributed by atoms with E-state index in [1.165, 1.54) is 0 Å². The van der Waals surface area contributed by atoms with Crippen LogP contribution in [0.5, 0.6) is 11.5 Å². The zero-order valence-corrected chi connectivity index (χ0v) is 16.2. The molecule has 0 fully saturated rings. The Balaban J connectivity index is 1.89. The molecule has 0 aromatic heterocycles. The van der Waals surface area contributed by atoms with Gasteiger partial charge in [0.15, 0.2) is 0 Å². The maximum atomic E-state index is 12.1. The average molecular weight is 406 g/mol. The van der Waals surface area contributed by atoms with Crippen LogP contribution in [0.15, 0.2) is 72.8 Å².